The summed E-state index contributed by atoms with van der Waals surface area (Å²) in [7, 11) is 0. The third-order valence-corrected chi connectivity index (χ3v) is 4.71. The van der Waals surface area contributed by atoms with Crippen LogP contribution >= 0.6 is 35.0 Å². The number of carboxylic acid groups (broad SMARTS) is 1. The molecule has 2 nitrogen and oxygen atoms in total. The van der Waals surface area contributed by atoms with E-state index in [1.54, 1.807) is 0 Å². The van der Waals surface area contributed by atoms with E-state index in [2.05, 4.69) is 0 Å². The second-order valence-corrected chi connectivity index (χ2v) is 7.10. The van der Waals surface area contributed by atoms with Crippen LogP contribution in [0.25, 0.3) is 0 Å². The molecule has 0 amide bonds. The Morgan fingerprint density at radius 3 is 2.45 bits per heavy atom. The lowest BCUT2D eigenvalue weighted by Crippen LogP contribution is -2.11. The Morgan fingerprint density at radius 1 is 1.45 bits per heavy atom. The molecule has 0 radical (unpaired) electrons. The first kappa shape index (κ1) is 17.6. The molecule has 0 saturated heterocycles. The molecule has 1 aromatic carbocycles. The molecule has 1 aromatic rings. The minimum absolute atomic E-state index is 0.119. The number of benzene rings is 1. The van der Waals surface area contributed by atoms with Crippen LogP contribution in [0.2, 0.25) is 0 Å². The van der Waals surface area contributed by atoms with E-state index in [0.717, 1.165) is 5.75 Å². The average molecular weight is 339 g/mol. The molecule has 0 spiro atoms. The summed E-state index contributed by atoms with van der Waals surface area (Å²) < 4.78 is 11.4. The molecule has 1 rings (SSSR count). The zero-order valence-electron chi connectivity index (χ0n) is 11.5. The van der Waals surface area contributed by atoms with Crippen molar-refractivity contribution in [2.75, 3.05) is 5.75 Å². The summed E-state index contributed by atoms with van der Waals surface area (Å²) in [6, 6.07) is 2.71. The monoisotopic (exact) mass is 338 g/mol. The van der Waals surface area contributed by atoms with Crippen LogP contribution < -0.4 is 0 Å². The summed E-state index contributed by atoms with van der Waals surface area (Å²) in [5, 5.41) is 9.22. The number of thioether (sulfide) groups is 1. The molecular formula is C14H17Cl2FO2S. The predicted molar refractivity (Wildman–Crippen MR) is 82.8 cm³/mol. The van der Waals surface area contributed by atoms with Gasteiger partial charge >= 0.3 is 5.97 Å². The number of hydrogen-bond acceptors (Lipinski definition) is 2. The van der Waals surface area contributed by atoms with Crippen molar-refractivity contribution in [1.29, 1.82) is 0 Å². The molecular weight excluding hydrogens is 322 g/mol. The molecule has 0 bridgehead atoms. The van der Waals surface area contributed by atoms with Crippen molar-refractivity contribution in [1.82, 2.24) is 0 Å². The molecule has 20 heavy (non-hydrogen) atoms. The van der Waals surface area contributed by atoms with E-state index in [1.165, 1.54) is 23.9 Å². The third kappa shape index (κ3) is 4.27. The Balaban J connectivity index is 3.43. The summed E-state index contributed by atoms with van der Waals surface area (Å²) in [6.45, 7) is 5.89. The molecule has 1 N–H and O–H groups in total. The summed E-state index contributed by atoms with van der Waals surface area (Å²) >= 11 is 12.5. The first-order chi connectivity index (χ1) is 9.18. The minimum atomic E-state index is -2.53. The van der Waals surface area contributed by atoms with Gasteiger partial charge in [0, 0.05) is 16.2 Å². The second kappa shape index (κ2) is 7.01. The van der Waals surface area contributed by atoms with Crippen molar-refractivity contribution in [3.8, 4) is 0 Å². The van der Waals surface area contributed by atoms with E-state index >= 15 is 0 Å². The van der Waals surface area contributed by atoms with Gasteiger partial charge in [0.2, 0.25) is 0 Å². The van der Waals surface area contributed by atoms with Gasteiger partial charge in [-0.2, -0.15) is 0 Å². The van der Waals surface area contributed by atoms with Gasteiger partial charge in [0.05, 0.1) is 5.56 Å². The first-order valence-electron chi connectivity index (χ1n) is 6.27. The van der Waals surface area contributed by atoms with Crippen LogP contribution in [0.4, 0.5) is 4.39 Å². The lowest BCUT2D eigenvalue weighted by molar-refractivity contribution is 0.0695. The van der Waals surface area contributed by atoms with Crippen molar-refractivity contribution >= 4 is 40.9 Å². The topological polar surface area (TPSA) is 37.3 Å². The number of alkyl halides is 3. The molecule has 0 aromatic heterocycles. The number of rotatable bonds is 6. The summed E-state index contributed by atoms with van der Waals surface area (Å²) in [5.74, 6) is 0.0755. The highest BCUT2D eigenvalue weighted by molar-refractivity contribution is 7.99. The van der Waals surface area contributed by atoms with Crippen LogP contribution in [0.15, 0.2) is 17.0 Å². The Kier molecular flexibility index (Phi) is 6.17. The number of halogens is 3. The molecule has 0 unspecified atom stereocenters. The Hall–Kier alpha value is -0.450. The van der Waals surface area contributed by atoms with Crippen molar-refractivity contribution in [3.05, 3.63) is 28.8 Å². The predicted octanol–water partition coefficient (Wildman–Crippen LogP) is 5.25. The van der Waals surface area contributed by atoms with Crippen LogP contribution in [-0.4, -0.2) is 16.8 Å². The van der Waals surface area contributed by atoms with Crippen molar-refractivity contribution in [3.63, 3.8) is 0 Å². The molecule has 0 aliphatic carbocycles. The highest BCUT2D eigenvalue weighted by atomic mass is 35.5. The lowest BCUT2D eigenvalue weighted by Gasteiger charge is -2.20. The van der Waals surface area contributed by atoms with Gasteiger partial charge < -0.3 is 5.11 Å². The van der Waals surface area contributed by atoms with E-state index in [4.69, 9.17) is 23.2 Å². The zero-order chi connectivity index (χ0) is 15.5. The standard InChI is InChI=1S/C14H17Cl2FO2S/c1-4-9-10(13(18)19)5-6-11(14(15,16)17)12(9)20-7-8(2)3/h5-6,8H,4,7H2,1-3H3,(H,18,19). The number of hydrogen-bond donors (Lipinski definition) is 1. The van der Waals surface area contributed by atoms with Crippen LogP contribution in [0, 0.1) is 5.92 Å². The molecule has 0 aliphatic rings. The van der Waals surface area contributed by atoms with Crippen molar-refractivity contribution in [2.24, 2.45) is 5.92 Å². The fraction of sp³-hybridized carbons (Fsp3) is 0.500. The fourth-order valence-electron chi connectivity index (χ4n) is 1.82. The molecule has 0 aliphatic heterocycles. The number of carbonyl (C=O) groups is 1. The number of carboxylic acids is 1. The molecule has 0 fully saturated rings. The van der Waals surface area contributed by atoms with Gasteiger partial charge in [0.25, 0.3) is 4.59 Å². The van der Waals surface area contributed by atoms with Gasteiger partial charge in [-0.15, -0.1) is 11.8 Å². The van der Waals surface area contributed by atoms with Crippen LogP contribution in [0.1, 0.15) is 42.3 Å². The lowest BCUT2D eigenvalue weighted by atomic mass is 10.0. The summed E-state index contributed by atoms with van der Waals surface area (Å²) in [4.78, 5) is 11.8. The number of aromatic carboxylic acids is 1. The van der Waals surface area contributed by atoms with Gasteiger partial charge in [-0.05, 0) is 24.0 Å². The summed E-state index contributed by atoms with van der Waals surface area (Å²) in [6.07, 6.45) is 0.472. The van der Waals surface area contributed by atoms with Gasteiger partial charge in [-0.1, -0.05) is 50.0 Å². The van der Waals surface area contributed by atoms with Crippen LogP contribution in [0.5, 0.6) is 0 Å². The fourth-order valence-corrected chi connectivity index (χ4v) is 3.54. The summed E-state index contributed by atoms with van der Waals surface area (Å²) in [5.41, 5.74) is 0.859. The quantitative estimate of drug-likeness (QED) is 0.568. The highest BCUT2D eigenvalue weighted by Crippen LogP contribution is 2.43. The average Bonchev–Trinajstić information content (AvgIpc) is 2.33. The SMILES string of the molecule is CCc1c(C(=O)O)ccc(C(F)(Cl)Cl)c1SCC(C)C. The van der Waals surface area contributed by atoms with Gasteiger partial charge in [0.1, 0.15) is 0 Å². The second-order valence-electron chi connectivity index (χ2n) is 4.83. The van der Waals surface area contributed by atoms with Gasteiger partial charge in [-0.25, -0.2) is 9.18 Å². The van der Waals surface area contributed by atoms with E-state index in [-0.39, 0.29) is 11.1 Å². The van der Waals surface area contributed by atoms with Crippen LogP contribution in [0.3, 0.4) is 0 Å². The zero-order valence-corrected chi connectivity index (χ0v) is 13.9. The highest BCUT2D eigenvalue weighted by Gasteiger charge is 2.31. The van der Waals surface area contributed by atoms with E-state index in [9.17, 15) is 14.3 Å². The van der Waals surface area contributed by atoms with Crippen LogP contribution in [-0.2, 0) is 11.0 Å². The smallest absolute Gasteiger partial charge is 0.336 e. The molecule has 6 heteroatoms. The van der Waals surface area contributed by atoms with Gasteiger partial charge in [-0.3, -0.25) is 0 Å². The largest absolute Gasteiger partial charge is 0.478 e. The Labute approximate surface area is 132 Å². The van der Waals surface area contributed by atoms with E-state index in [1.807, 2.05) is 20.8 Å². The van der Waals surface area contributed by atoms with E-state index < -0.39 is 10.6 Å². The van der Waals surface area contributed by atoms with Gasteiger partial charge in [0.15, 0.2) is 0 Å². The van der Waals surface area contributed by atoms with Crippen molar-refractivity contribution in [2.45, 2.75) is 36.7 Å². The normalized spacial score (nSPS) is 11.9. The Bertz CT molecular complexity index is 499. The maximum Gasteiger partial charge on any atom is 0.336 e. The van der Waals surface area contributed by atoms with Crippen molar-refractivity contribution < 1.29 is 14.3 Å². The third-order valence-electron chi connectivity index (χ3n) is 2.71. The van der Waals surface area contributed by atoms with E-state index in [0.29, 0.717) is 22.8 Å². The molecule has 0 saturated carbocycles. The molecule has 112 valence electrons. The maximum atomic E-state index is 13.9. The molecule has 0 heterocycles. The first-order valence-corrected chi connectivity index (χ1v) is 8.01. The minimum Gasteiger partial charge on any atom is -0.478 e. The molecule has 0 atom stereocenters. The Morgan fingerprint density at radius 2 is 2.05 bits per heavy atom. The maximum absolute atomic E-state index is 13.9.